The van der Waals surface area contributed by atoms with Crippen LogP contribution in [0.2, 0.25) is 0 Å². The molecule has 0 radical (unpaired) electrons. The third-order valence-electron chi connectivity index (χ3n) is 7.51. The highest BCUT2D eigenvalue weighted by atomic mass is 16.5. The van der Waals surface area contributed by atoms with Crippen LogP contribution < -0.4 is 15.2 Å². The van der Waals surface area contributed by atoms with Gasteiger partial charge in [0.15, 0.2) is 5.82 Å². The van der Waals surface area contributed by atoms with Crippen LogP contribution in [0.25, 0.3) is 10.9 Å². The maximum Gasteiger partial charge on any atom is 0.253 e. The van der Waals surface area contributed by atoms with Gasteiger partial charge in [0.05, 0.1) is 19.2 Å². The molecule has 3 heterocycles. The third kappa shape index (κ3) is 5.00. The number of aryl methyl sites for hydroxylation is 1. The largest absolute Gasteiger partial charge is 0.497 e. The molecule has 1 saturated heterocycles. The summed E-state index contributed by atoms with van der Waals surface area (Å²) in [5.41, 5.74) is 4.67. The van der Waals surface area contributed by atoms with Gasteiger partial charge in [-0.2, -0.15) is 0 Å². The summed E-state index contributed by atoms with van der Waals surface area (Å²) in [4.78, 5) is 21.4. The number of ether oxygens (including phenoxy) is 1. The van der Waals surface area contributed by atoms with E-state index in [2.05, 4.69) is 54.6 Å². The maximum atomic E-state index is 13.6. The lowest BCUT2D eigenvalue weighted by Gasteiger charge is -2.39. The van der Waals surface area contributed by atoms with Crippen LogP contribution in [-0.2, 0) is 6.54 Å². The first-order valence-corrected chi connectivity index (χ1v) is 13.2. The number of aromatic nitrogens is 5. The molecule has 9 heteroatoms. The molecule has 5 aromatic rings. The predicted molar refractivity (Wildman–Crippen MR) is 151 cm³/mol. The van der Waals surface area contributed by atoms with Crippen molar-refractivity contribution in [3.8, 4) is 5.75 Å². The number of nitrogens with one attached hydrogen (secondary N) is 1. The van der Waals surface area contributed by atoms with Gasteiger partial charge in [0.2, 0.25) is 0 Å². The van der Waals surface area contributed by atoms with Crippen molar-refractivity contribution in [1.82, 2.24) is 30.1 Å². The van der Waals surface area contributed by atoms with Gasteiger partial charge >= 0.3 is 0 Å². The monoisotopic (exact) mass is 521 g/mol. The van der Waals surface area contributed by atoms with Gasteiger partial charge in [-0.05, 0) is 64.2 Å². The third-order valence-corrected chi connectivity index (χ3v) is 7.51. The van der Waals surface area contributed by atoms with Gasteiger partial charge in [-0.3, -0.25) is 9.69 Å². The zero-order chi connectivity index (χ0) is 26.8. The van der Waals surface area contributed by atoms with Crippen molar-refractivity contribution in [3.63, 3.8) is 0 Å². The van der Waals surface area contributed by atoms with E-state index in [0.717, 1.165) is 54.0 Å². The van der Waals surface area contributed by atoms with Crippen molar-refractivity contribution < 1.29 is 4.74 Å². The molecule has 3 aromatic carbocycles. The van der Waals surface area contributed by atoms with Crippen molar-refractivity contribution in [1.29, 1.82) is 0 Å². The minimum Gasteiger partial charge on any atom is -0.497 e. The van der Waals surface area contributed by atoms with E-state index in [9.17, 15) is 4.79 Å². The van der Waals surface area contributed by atoms with Crippen molar-refractivity contribution in [2.45, 2.75) is 19.5 Å². The molecular weight excluding hydrogens is 490 g/mol. The molecule has 6 rings (SSSR count). The normalized spacial score (nSPS) is 15.0. The molecule has 0 bridgehead atoms. The van der Waals surface area contributed by atoms with E-state index >= 15 is 0 Å². The molecule has 0 amide bonds. The van der Waals surface area contributed by atoms with Crippen molar-refractivity contribution >= 4 is 16.6 Å². The summed E-state index contributed by atoms with van der Waals surface area (Å²) in [6, 6.07) is 26.0. The number of rotatable bonds is 7. The van der Waals surface area contributed by atoms with Gasteiger partial charge in [-0.25, -0.2) is 4.68 Å². The van der Waals surface area contributed by atoms with Gasteiger partial charge < -0.3 is 14.6 Å². The highest BCUT2D eigenvalue weighted by Crippen LogP contribution is 2.29. The van der Waals surface area contributed by atoms with Crippen LogP contribution in [0.3, 0.4) is 0 Å². The Morgan fingerprint density at radius 1 is 0.949 bits per heavy atom. The Kier molecular flexibility index (Phi) is 6.81. The number of aromatic amines is 1. The zero-order valence-electron chi connectivity index (χ0n) is 22.1. The fourth-order valence-electron chi connectivity index (χ4n) is 5.40. The van der Waals surface area contributed by atoms with Gasteiger partial charge in [-0.15, -0.1) is 5.10 Å². The average molecular weight is 522 g/mol. The molecule has 39 heavy (non-hydrogen) atoms. The van der Waals surface area contributed by atoms with E-state index in [4.69, 9.17) is 4.74 Å². The molecule has 0 aliphatic carbocycles. The molecule has 0 saturated carbocycles. The van der Waals surface area contributed by atoms with Gasteiger partial charge in [0.25, 0.3) is 5.56 Å². The molecular formula is C30H31N7O2. The smallest absolute Gasteiger partial charge is 0.253 e. The van der Waals surface area contributed by atoms with Gasteiger partial charge in [-0.1, -0.05) is 48.5 Å². The number of nitrogens with zero attached hydrogens (tertiary/aromatic N) is 6. The van der Waals surface area contributed by atoms with E-state index in [1.54, 1.807) is 11.8 Å². The van der Waals surface area contributed by atoms with Crippen molar-refractivity contribution in [2.75, 3.05) is 38.2 Å². The first-order valence-electron chi connectivity index (χ1n) is 13.2. The number of piperazine rings is 1. The second kappa shape index (κ2) is 10.7. The van der Waals surface area contributed by atoms with Crippen molar-refractivity contribution in [2.24, 2.45) is 0 Å². The number of tetrazole rings is 1. The Bertz CT molecular complexity index is 1620. The number of benzene rings is 3. The van der Waals surface area contributed by atoms with Gasteiger partial charge in [0.1, 0.15) is 11.8 Å². The second-order valence-electron chi connectivity index (χ2n) is 9.90. The Balaban J connectivity index is 1.38. The highest BCUT2D eigenvalue weighted by Gasteiger charge is 2.33. The molecule has 1 aliphatic rings. The standard InChI is InChI=1S/C30H31N7O2/c1-21-7-6-8-23-19-26(30(38)31-27(21)23)28(36-17-15-35(16-18-36)24-9-4-3-5-10-24)29-32-33-34-37(29)20-22-11-13-25(39-2)14-12-22/h3-14,19,28H,15-18,20H2,1-2H3,(H,31,38)/t28-/m1/s1. The minimum atomic E-state index is -0.398. The number of pyridine rings is 1. The highest BCUT2D eigenvalue weighted by molar-refractivity contribution is 5.82. The molecule has 1 aliphatic heterocycles. The summed E-state index contributed by atoms with van der Waals surface area (Å²) >= 11 is 0. The summed E-state index contributed by atoms with van der Waals surface area (Å²) in [6.07, 6.45) is 0. The number of anilines is 1. The Hall–Kier alpha value is -4.50. The number of H-pyrrole nitrogens is 1. The topological polar surface area (TPSA) is 92.2 Å². The van der Waals surface area contributed by atoms with Crippen LogP contribution in [0.4, 0.5) is 5.69 Å². The molecule has 0 spiro atoms. The lowest BCUT2D eigenvalue weighted by Crippen LogP contribution is -2.49. The van der Waals surface area contributed by atoms with Crippen LogP contribution in [0.1, 0.15) is 28.6 Å². The number of methoxy groups -OCH3 is 1. The molecule has 0 unspecified atom stereocenters. The van der Waals surface area contributed by atoms with Crippen molar-refractivity contribution in [3.05, 3.63) is 112 Å². The Labute approximate surface area is 226 Å². The summed E-state index contributed by atoms with van der Waals surface area (Å²) in [7, 11) is 1.65. The maximum absolute atomic E-state index is 13.6. The summed E-state index contributed by atoms with van der Waals surface area (Å²) in [5.74, 6) is 1.44. The molecule has 1 N–H and O–H groups in total. The van der Waals surface area contributed by atoms with E-state index in [1.165, 1.54) is 5.69 Å². The predicted octanol–water partition coefficient (Wildman–Crippen LogP) is 3.79. The molecule has 198 valence electrons. The molecule has 1 fully saturated rings. The lowest BCUT2D eigenvalue weighted by atomic mass is 10.0. The van der Waals surface area contributed by atoms with Crippen LogP contribution in [0.5, 0.6) is 5.75 Å². The number of para-hydroxylation sites is 2. The van der Waals surface area contributed by atoms with Crippen LogP contribution in [0, 0.1) is 6.92 Å². The summed E-state index contributed by atoms with van der Waals surface area (Å²) in [5, 5.41) is 13.9. The number of fused-ring (bicyclic) bond motifs is 1. The van der Waals surface area contributed by atoms with Crippen LogP contribution in [-0.4, -0.2) is 63.4 Å². The first kappa shape index (κ1) is 24.8. The average Bonchev–Trinajstić information content (AvgIpc) is 3.43. The molecule has 1 atom stereocenters. The second-order valence-corrected chi connectivity index (χ2v) is 9.90. The lowest BCUT2D eigenvalue weighted by molar-refractivity contribution is 0.200. The quantitative estimate of drug-likeness (QED) is 0.348. The van der Waals surface area contributed by atoms with E-state index < -0.39 is 6.04 Å². The van der Waals surface area contributed by atoms with Crippen LogP contribution >= 0.6 is 0 Å². The molecule has 2 aromatic heterocycles. The Morgan fingerprint density at radius 2 is 1.72 bits per heavy atom. The SMILES string of the molecule is COc1ccc(Cn2nnnc2[C@@H](c2cc3cccc(C)c3[nH]c2=O)N2CCN(c3ccccc3)CC2)cc1. The van der Waals surface area contributed by atoms with E-state index in [1.807, 2.05) is 61.5 Å². The minimum absolute atomic E-state index is 0.119. The zero-order valence-corrected chi connectivity index (χ0v) is 22.1. The first-order chi connectivity index (χ1) is 19.1. The fraction of sp³-hybridized carbons (Fsp3) is 0.267. The number of hydrogen-bond acceptors (Lipinski definition) is 7. The summed E-state index contributed by atoms with van der Waals surface area (Å²) in [6.45, 7) is 5.70. The summed E-state index contributed by atoms with van der Waals surface area (Å²) < 4.78 is 7.11. The number of hydrogen-bond donors (Lipinski definition) is 1. The fourth-order valence-corrected chi connectivity index (χ4v) is 5.40. The van der Waals surface area contributed by atoms with E-state index in [-0.39, 0.29) is 5.56 Å². The van der Waals surface area contributed by atoms with Crippen LogP contribution in [0.15, 0.2) is 83.7 Å². The van der Waals surface area contributed by atoms with Gasteiger partial charge in [0, 0.05) is 37.4 Å². The molecule has 9 nitrogen and oxygen atoms in total. The van der Waals surface area contributed by atoms with E-state index in [0.29, 0.717) is 17.9 Å². The Morgan fingerprint density at radius 3 is 2.46 bits per heavy atom.